The zero-order valence-corrected chi connectivity index (χ0v) is 12.4. The van der Waals surface area contributed by atoms with Gasteiger partial charge < -0.3 is 4.74 Å². The Kier molecular flexibility index (Phi) is 4.94. The van der Waals surface area contributed by atoms with Gasteiger partial charge in [-0.3, -0.25) is 4.79 Å². The first-order valence-electron chi connectivity index (χ1n) is 5.45. The lowest BCUT2D eigenvalue weighted by Crippen LogP contribution is -2.14. The van der Waals surface area contributed by atoms with E-state index in [1.807, 2.05) is 13.8 Å². The molecule has 17 heavy (non-hydrogen) atoms. The first-order chi connectivity index (χ1) is 7.79. The molecule has 0 amide bonds. The van der Waals surface area contributed by atoms with Crippen LogP contribution in [0.15, 0.2) is 4.34 Å². The Morgan fingerprint density at radius 1 is 1.47 bits per heavy atom. The Bertz CT molecular complexity index is 383. The van der Waals surface area contributed by atoms with E-state index in [1.165, 1.54) is 23.3 Å². The summed E-state index contributed by atoms with van der Waals surface area (Å²) in [6.45, 7) is 9.88. The van der Waals surface area contributed by atoms with Crippen LogP contribution < -0.4 is 0 Å². The predicted octanol–water partition coefficient (Wildman–Crippen LogP) is 2.88. The van der Waals surface area contributed by atoms with Gasteiger partial charge in [-0.2, -0.15) is 4.37 Å². The molecule has 1 rings (SSSR count). The minimum absolute atomic E-state index is 0.0479. The average molecular weight is 274 g/mol. The number of hydrogen-bond donors (Lipinski definition) is 0. The summed E-state index contributed by atoms with van der Waals surface area (Å²) < 4.78 is 10.1. The van der Waals surface area contributed by atoms with Gasteiger partial charge in [0.05, 0.1) is 11.9 Å². The van der Waals surface area contributed by atoms with Crippen molar-refractivity contribution in [2.24, 2.45) is 0 Å². The van der Waals surface area contributed by atoms with Gasteiger partial charge in [0.2, 0.25) is 0 Å². The zero-order valence-electron chi connectivity index (χ0n) is 10.8. The molecule has 0 N–H and O–H groups in total. The maximum Gasteiger partial charge on any atom is 0.316 e. The fraction of sp³-hybridized carbons (Fsp3) is 0.727. The van der Waals surface area contributed by atoms with Gasteiger partial charge in [0, 0.05) is 5.41 Å². The topological polar surface area (TPSA) is 52.1 Å². The van der Waals surface area contributed by atoms with Crippen molar-refractivity contribution in [3.8, 4) is 0 Å². The van der Waals surface area contributed by atoms with Gasteiger partial charge in [0.1, 0.15) is 5.82 Å². The fourth-order valence-corrected chi connectivity index (χ4v) is 2.56. The van der Waals surface area contributed by atoms with Crippen molar-refractivity contribution in [2.45, 2.75) is 50.5 Å². The van der Waals surface area contributed by atoms with Crippen molar-refractivity contribution in [2.75, 3.05) is 5.75 Å². The van der Waals surface area contributed by atoms with Crippen molar-refractivity contribution < 1.29 is 9.53 Å². The molecule has 1 heterocycles. The van der Waals surface area contributed by atoms with E-state index in [0.717, 1.165) is 10.2 Å². The van der Waals surface area contributed by atoms with Crippen molar-refractivity contribution in [3.05, 3.63) is 5.82 Å². The van der Waals surface area contributed by atoms with Crippen LogP contribution in [-0.4, -0.2) is 27.2 Å². The Hall–Kier alpha value is -0.620. The number of nitrogens with zero attached hydrogens (tertiary/aromatic N) is 2. The molecule has 0 atom stereocenters. The first-order valence-corrected chi connectivity index (χ1v) is 7.21. The molecule has 0 saturated carbocycles. The van der Waals surface area contributed by atoms with Crippen LogP contribution in [0, 0.1) is 0 Å². The zero-order chi connectivity index (χ0) is 13.1. The van der Waals surface area contributed by atoms with E-state index in [9.17, 15) is 4.79 Å². The molecule has 0 fully saturated rings. The third-order valence-electron chi connectivity index (χ3n) is 1.76. The number of thioether (sulfide) groups is 1. The highest BCUT2D eigenvalue weighted by Gasteiger charge is 2.20. The first kappa shape index (κ1) is 14.4. The summed E-state index contributed by atoms with van der Waals surface area (Å²) in [4.78, 5) is 15.7. The van der Waals surface area contributed by atoms with Crippen molar-refractivity contribution in [1.29, 1.82) is 0 Å². The highest BCUT2D eigenvalue weighted by atomic mass is 32.2. The van der Waals surface area contributed by atoms with Crippen LogP contribution in [0.1, 0.15) is 40.4 Å². The molecule has 0 bridgehead atoms. The summed E-state index contributed by atoms with van der Waals surface area (Å²) in [5, 5.41) is 0. The van der Waals surface area contributed by atoms with Gasteiger partial charge in [-0.25, -0.2) is 4.98 Å². The third kappa shape index (κ3) is 5.04. The van der Waals surface area contributed by atoms with E-state index in [-0.39, 0.29) is 23.2 Å². The van der Waals surface area contributed by atoms with Crippen molar-refractivity contribution >= 4 is 29.3 Å². The van der Waals surface area contributed by atoms with Gasteiger partial charge in [0.15, 0.2) is 4.34 Å². The molecule has 96 valence electrons. The highest BCUT2D eigenvalue weighted by Crippen LogP contribution is 2.26. The number of ether oxygens (including phenoxy) is 1. The minimum atomic E-state index is -0.211. The number of aromatic nitrogens is 2. The number of carbonyl (C=O) groups excluding carboxylic acids is 1. The van der Waals surface area contributed by atoms with Crippen LogP contribution in [0.5, 0.6) is 0 Å². The molecule has 0 aromatic carbocycles. The number of rotatable bonds is 4. The third-order valence-corrected chi connectivity index (χ3v) is 3.57. The lowest BCUT2D eigenvalue weighted by atomic mass is 9.96. The van der Waals surface area contributed by atoms with Gasteiger partial charge in [-0.15, -0.1) is 0 Å². The molecule has 1 aromatic rings. The van der Waals surface area contributed by atoms with Gasteiger partial charge in [-0.1, -0.05) is 32.5 Å². The van der Waals surface area contributed by atoms with Gasteiger partial charge >= 0.3 is 5.97 Å². The van der Waals surface area contributed by atoms with E-state index < -0.39 is 0 Å². The Morgan fingerprint density at radius 2 is 2.12 bits per heavy atom. The molecule has 0 unspecified atom stereocenters. The molecule has 6 heteroatoms. The molecule has 4 nitrogen and oxygen atoms in total. The summed E-state index contributed by atoms with van der Waals surface area (Å²) in [6, 6.07) is 0. The average Bonchev–Trinajstić information content (AvgIpc) is 2.61. The molecule has 0 radical (unpaired) electrons. The molecule has 1 aromatic heterocycles. The summed E-state index contributed by atoms with van der Waals surface area (Å²) >= 11 is 2.71. The van der Waals surface area contributed by atoms with Gasteiger partial charge in [0.25, 0.3) is 0 Å². The van der Waals surface area contributed by atoms with E-state index in [4.69, 9.17) is 4.74 Å². The molecule has 0 saturated heterocycles. The molecule has 0 aliphatic carbocycles. The maximum absolute atomic E-state index is 11.3. The van der Waals surface area contributed by atoms with E-state index in [0.29, 0.717) is 0 Å². The number of carbonyl (C=O) groups is 1. The van der Waals surface area contributed by atoms with Crippen LogP contribution in [0.2, 0.25) is 0 Å². The summed E-state index contributed by atoms with van der Waals surface area (Å²) in [6.07, 6.45) is -0.0670. The molecule has 0 aliphatic heterocycles. The quantitative estimate of drug-likeness (QED) is 0.624. The Labute approximate surface area is 110 Å². The number of hydrogen-bond acceptors (Lipinski definition) is 6. The maximum atomic E-state index is 11.3. The molecule has 0 spiro atoms. The standard InChI is InChI=1S/C11H18N2O2S2/c1-7(2)15-8(14)6-16-10-12-9(13-17-10)11(3,4)5/h7H,6H2,1-5H3. The second-order valence-electron chi connectivity index (χ2n) is 4.96. The van der Waals surface area contributed by atoms with Gasteiger partial charge in [-0.05, 0) is 25.4 Å². The van der Waals surface area contributed by atoms with Crippen LogP contribution in [0.4, 0.5) is 0 Å². The Morgan fingerprint density at radius 3 is 2.59 bits per heavy atom. The highest BCUT2D eigenvalue weighted by molar-refractivity contribution is 8.01. The van der Waals surface area contributed by atoms with Crippen LogP contribution >= 0.6 is 23.3 Å². The van der Waals surface area contributed by atoms with E-state index >= 15 is 0 Å². The van der Waals surface area contributed by atoms with E-state index in [2.05, 4.69) is 30.1 Å². The lowest BCUT2D eigenvalue weighted by Gasteiger charge is -2.12. The SMILES string of the molecule is CC(C)OC(=O)CSc1nc(C(C)(C)C)ns1. The summed E-state index contributed by atoms with van der Waals surface area (Å²) in [7, 11) is 0. The molecule has 0 aliphatic rings. The van der Waals surface area contributed by atoms with E-state index in [1.54, 1.807) is 0 Å². The van der Waals surface area contributed by atoms with Crippen molar-refractivity contribution in [1.82, 2.24) is 9.36 Å². The number of esters is 1. The van der Waals surface area contributed by atoms with Crippen molar-refractivity contribution in [3.63, 3.8) is 0 Å². The van der Waals surface area contributed by atoms with Crippen LogP contribution in [0.3, 0.4) is 0 Å². The minimum Gasteiger partial charge on any atom is -0.462 e. The van der Waals surface area contributed by atoms with Crippen LogP contribution in [-0.2, 0) is 14.9 Å². The molecular weight excluding hydrogens is 256 g/mol. The fourth-order valence-electron chi connectivity index (χ4n) is 0.990. The second kappa shape index (κ2) is 5.82. The lowest BCUT2D eigenvalue weighted by molar-refractivity contribution is -0.144. The normalized spacial score (nSPS) is 11.9. The monoisotopic (exact) mass is 274 g/mol. The summed E-state index contributed by atoms with van der Waals surface area (Å²) in [5.74, 6) is 0.900. The molecular formula is C11H18N2O2S2. The largest absolute Gasteiger partial charge is 0.462 e. The smallest absolute Gasteiger partial charge is 0.316 e. The predicted molar refractivity (Wildman–Crippen MR) is 70.6 cm³/mol. The Balaban J connectivity index is 2.48. The van der Waals surface area contributed by atoms with Crippen LogP contribution in [0.25, 0.3) is 0 Å². The second-order valence-corrected chi connectivity index (χ2v) is 6.94. The summed E-state index contributed by atoms with van der Waals surface area (Å²) in [5.41, 5.74) is -0.0479.